The van der Waals surface area contributed by atoms with Gasteiger partial charge in [0.05, 0.1) is 12.5 Å². The van der Waals surface area contributed by atoms with Gasteiger partial charge in [-0.3, -0.25) is 14.4 Å². The number of aliphatic carboxylic acids is 1. The Morgan fingerprint density at radius 2 is 1.86 bits per heavy atom. The minimum atomic E-state index is -1.09. The first-order valence-corrected chi connectivity index (χ1v) is 6.65. The summed E-state index contributed by atoms with van der Waals surface area (Å²) in [6, 6.07) is 6.23. The zero-order chi connectivity index (χ0) is 16.0. The minimum absolute atomic E-state index is 0.0228. The normalized spacial score (nSPS) is 11.6. The molecule has 0 aliphatic carbocycles. The summed E-state index contributed by atoms with van der Waals surface area (Å²) in [4.78, 5) is 35.0. The van der Waals surface area contributed by atoms with Crippen LogP contribution in [-0.2, 0) is 14.4 Å². The SMILES string of the molecule is CC(=O)NC(CC(=O)N(C)CC(=O)O)c1ccc(Cl)cc1. The molecule has 0 radical (unpaired) electrons. The smallest absolute Gasteiger partial charge is 0.323 e. The van der Waals surface area contributed by atoms with Gasteiger partial charge >= 0.3 is 5.97 Å². The van der Waals surface area contributed by atoms with Crippen LogP contribution < -0.4 is 5.32 Å². The van der Waals surface area contributed by atoms with Gasteiger partial charge in [0.1, 0.15) is 6.54 Å². The second kappa shape index (κ2) is 7.64. The van der Waals surface area contributed by atoms with Gasteiger partial charge < -0.3 is 15.3 Å². The Balaban J connectivity index is 2.83. The average Bonchev–Trinajstić information content (AvgIpc) is 2.37. The fraction of sp³-hybridized carbons (Fsp3) is 0.357. The molecule has 0 fully saturated rings. The fourth-order valence-electron chi connectivity index (χ4n) is 1.81. The van der Waals surface area contributed by atoms with Crippen LogP contribution in [0.25, 0.3) is 0 Å². The molecule has 21 heavy (non-hydrogen) atoms. The topological polar surface area (TPSA) is 86.7 Å². The highest BCUT2D eigenvalue weighted by atomic mass is 35.5. The van der Waals surface area contributed by atoms with Crippen LogP contribution in [0.1, 0.15) is 24.9 Å². The van der Waals surface area contributed by atoms with E-state index in [1.54, 1.807) is 24.3 Å². The monoisotopic (exact) mass is 312 g/mol. The maximum absolute atomic E-state index is 12.0. The second-order valence-corrected chi connectivity index (χ2v) is 5.09. The van der Waals surface area contributed by atoms with E-state index in [0.29, 0.717) is 5.02 Å². The first kappa shape index (κ1) is 17.0. The van der Waals surface area contributed by atoms with E-state index in [1.807, 2.05) is 0 Å². The van der Waals surface area contributed by atoms with Crippen LogP contribution in [0.15, 0.2) is 24.3 Å². The number of carbonyl (C=O) groups is 3. The maximum Gasteiger partial charge on any atom is 0.323 e. The predicted molar refractivity (Wildman–Crippen MR) is 77.9 cm³/mol. The van der Waals surface area contributed by atoms with Crippen molar-refractivity contribution in [1.82, 2.24) is 10.2 Å². The van der Waals surface area contributed by atoms with Crippen LogP contribution in [0, 0.1) is 0 Å². The van der Waals surface area contributed by atoms with Crippen LogP contribution >= 0.6 is 11.6 Å². The van der Waals surface area contributed by atoms with Crippen molar-refractivity contribution >= 4 is 29.4 Å². The number of nitrogens with one attached hydrogen (secondary N) is 1. The Morgan fingerprint density at radius 3 is 2.33 bits per heavy atom. The zero-order valence-corrected chi connectivity index (χ0v) is 12.6. The third kappa shape index (κ3) is 5.83. The van der Waals surface area contributed by atoms with Crippen molar-refractivity contribution < 1.29 is 19.5 Å². The van der Waals surface area contributed by atoms with Crippen molar-refractivity contribution in [3.63, 3.8) is 0 Å². The molecular formula is C14H17ClN2O4. The van der Waals surface area contributed by atoms with Crippen molar-refractivity contribution in [1.29, 1.82) is 0 Å². The molecule has 0 aliphatic heterocycles. The van der Waals surface area contributed by atoms with E-state index in [4.69, 9.17) is 16.7 Å². The molecule has 0 aliphatic rings. The minimum Gasteiger partial charge on any atom is -0.480 e. The maximum atomic E-state index is 12.0. The third-order valence-corrected chi connectivity index (χ3v) is 3.08. The molecule has 0 heterocycles. The van der Waals surface area contributed by atoms with E-state index in [-0.39, 0.29) is 24.8 Å². The number of halogens is 1. The molecular weight excluding hydrogens is 296 g/mol. The lowest BCUT2D eigenvalue weighted by Crippen LogP contribution is -2.36. The van der Waals surface area contributed by atoms with Crippen LogP contribution in [0.2, 0.25) is 5.02 Å². The number of amides is 2. The number of carboxylic acid groups (broad SMARTS) is 1. The summed E-state index contributed by atoms with van der Waals surface area (Å²) in [5, 5.41) is 11.9. The molecule has 0 bridgehead atoms. The summed E-state index contributed by atoms with van der Waals surface area (Å²) in [7, 11) is 1.41. The Hall–Kier alpha value is -2.08. The zero-order valence-electron chi connectivity index (χ0n) is 11.8. The summed E-state index contributed by atoms with van der Waals surface area (Å²) in [6.07, 6.45) is -0.0228. The lowest BCUT2D eigenvalue weighted by atomic mass is 10.0. The number of benzene rings is 1. The van der Waals surface area contributed by atoms with Crippen molar-refractivity contribution in [2.45, 2.75) is 19.4 Å². The van der Waals surface area contributed by atoms with E-state index in [0.717, 1.165) is 10.5 Å². The predicted octanol–water partition coefficient (Wildman–Crippen LogP) is 1.45. The van der Waals surface area contributed by atoms with Crippen LogP contribution in [0.4, 0.5) is 0 Å². The summed E-state index contributed by atoms with van der Waals surface area (Å²) < 4.78 is 0. The largest absolute Gasteiger partial charge is 0.480 e. The van der Waals surface area contributed by atoms with E-state index < -0.39 is 12.0 Å². The summed E-state index contributed by atoms with van der Waals surface area (Å²) >= 11 is 5.81. The van der Waals surface area contributed by atoms with Crippen LogP contribution in [0.3, 0.4) is 0 Å². The highest BCUT2D eigenvalue weighted by Gasteiger charge is 2.20. The molecule has 1 rings (SSSR count). The molecule has 7 heteroatoms. The second-order valence-electron chi connectivity index (χ2n) is 4.65. The molecule has 2 amide bonds. The molecule has 1 aromatic carbocycles. The summed E-state index contributed by atoms with van der Waals surface area (Å²) in [5.74, 6) is -1.73. The molecule has 1 unspecified atom stereocenters. The number of hydrogen-bond donors (Lipinski definition) is 2. The number of nitrogens with zero attached hydrogens (tertiary/aromatic N) is 1. The molecule has 114 valence electrons. The van der Waals surface area contributed by atoms with Crippen molar-refractivity contribution in [3.05, 3.63) is 34.9 Å². The Labute approximate surface area is 127 Å². The van der Waals surface area contributed by atoms with Gasteiger partial charge in [-0.2, -0.15) is 0 Å². The third-order valence-electron chi connectivity index (χ3n) is 2.83. The molecule has 1 atom stereocenters. The average molecular weight is 313 g/mol. The highest BCUT2D eigenvalue weighted by molar-refractivity contribution is 6.30. The van der Waals surface area contributed by atoms with Crippen molar-refractivity contribution in [3.8, 4) is 0 Å². The number of likely N-dealkylation sites (N-methyl/N-ethyl adjacent to an activating group) is 1. The fourth-order valence-corrected chi connectivity index (χ4v) is 1.94. The molecule has 6 nitrogen and oxygen atoms in total. The lowest BCUT2D eigenvalue weighted by Gasteiger charge is -2.21. The lowest BCUT2D eigenvalue weighted by molar-refractivity contribution is -0.143. The summed E-state index contributed by atoms with van der Waals surface area (Å²) in [6.45, 7) is 0.973. The van der Waals surface area contributed by atoms with Gasteiger partial charge in [0, 0.05) is 19.0 Å². The standard InChI is InChI=1S/C14H17ClN2O4/c1-9(18)16-12(10-3-5-11(15)6-4-10)7-13(19)17(2)8-14(20)21/h3-6,12H,7-8H2,1-2H3,(H,16,18)(H,20,21). The van der Waals surface area contributed by atoms with Crippen LogP contribution in [-0.4, -0.2) is 41.4 Å². The summed E-state index contributed by atoms with van der Waals surface area (Å²) in [5.41, 5.74) is 0.728. The molecule has 0 spiro atoms. The molecule has 2 N–H and O–H groups in total. The Kier molecular flexibility index (Phi) is 6.17. The Bertz CT molecular complexity index is 530. The van der Waals surface area contributed by atoms with Crippen molar-refractivity contribution in [2.75, 3.05) is 13.6 Å². The van der Waals surface area contributed by atoms with Gasteiger partial charge in [-0.15, -0.1) is 0 Å². The van der Waals surface area contributed by atoms with Gasteiger partial charge in [-0.1, -0.05) is 23.7 Å². The van der Waals surface area contributed by atoms with E-state index in [2.05, 4.69) is 5.32 Å². The quantitative estimate of drug-likeness (QED) is 0.832. The Morgan fingerprint density at radius 1 is 1.29 bits per heavy atom. The number of carboxylic acids is 1. The van der Waals surface area contributed by atoms with E-state index >= 15 is 0 Å². The van der Waals surface area contributed by atoms with Crippen LogP contribution in [0.5, 0.6) is 0 Å². The molecule has 0 saturated heterocycles. The van der Waals surface area contributed by atoms with Gasteiger partial charge in [0.2, 0.25) is 11.8 Å². The number of rotatable bonds is 6. The van der Waals surface area contributed by atoms with Gasteiger partial charge in [-0.25, -0.2) is 0 Å². The van der Waals surface area contributed by atoms with Gasteiger partial charge in [0.15, 0.2) is 0 Å². The number of hydrogen-bond acceptors (Lipinski definition) is 3. The van der Waals surface area contributed by atoms with E-state index in [1.165, 1.54) is 14.0 Å². The molecule has 0 aromatic heterocycles. The first-order valence-electron chi connectivity index (χ1n) is 6.28. The highest BCUT2D eigenvalue weighted by Crippen LogP contribution is 2.20. The first-order chi connectivity index (χ1) is 9.79. The number of carbonyl (C=O) groups excluding carboxylic acids is 2. The molecule has 1 aromatic rings. The molecule has 0 saturated carbocycles. The van der Waals surface area contributed by atoms with Gasteiger partial charge in [-0.05, 0) is 17.7 Å². The van der Waals surface area contributed by atoms with Gasteiger partial charge in [0.25, 0.3) is 0 Å². The van der Waals surface area contributed by atoms with Crippen molar-refractivity contribution in [2.24, 2.45) is 0 Å². The van der Waals surface area contributed by atoms with E-state index in [9.17, 15) is 14.4 Å².